The molecule has 0 radical (unpaired) electrons. The lowest BCUT2D eigenvalue weighted by Gasteiger charge is -2.38. The van der Waals surface area contributed by atoms with Crippen LogP contribution in [-0.2, 0) is 9.53 Å². The monoisotopic (exact) mass is 238 g/mol. The third-order valence-corrected chi connectivity index (χ3v) is 4.31. The summed E-state index contributed by atoms with van der Waals surface area (Å²) in [4.78, 5) is 11.4. The summed E-state index contributed by atoms with van der Waals surface area (Å²) in [6.07, 6.45) is 5.70. The van der Waals surface area contributed by atoms with Crippen LogP contribution >= 0.6 is 0 Å². The first-order valence-corrected chi connectivity index (χ1v) is 6.73. The fourth-order valence-electron chi connectivity index (χ4n) is 2.50. The number of carbonyl (C=O) groups is 1. The van der Waals surface area contributed by atoms with Crippen molar-refractivity contribution in [2.75, 3.05) is 0 Å². The molecule has 0 amide bonds. The molecule has 0 aliphatic heterocycles. The predicted molar refractivity (Wildman–Crippen MR) is 70.7 cm³/mol. The van der Waals surface area contributed by atoms with E-state index in [4.69, 9.17) is 4.74 Å². The minimum absolute atomic E-state index is 0.114. The van der Waals surface area contributed by atoms with Crippen LogP contribution in [0.2, 0.25) is 0 Å². The minimum Gasteiger partial charge on any atom is -0.459 e. The summed E-state index contributed by atoms with van der Waals surface area (Å²) in [5, 5.41) is 0. The van der Waals surface area contributed by atoms with Gasteiger partial charge in [-0.2, -0.15) is 0 Å². The van der Waals surface area contributed by atoms with E-state index in [9.17, 15) is 4.79 Å². The normalized spacial score (nSPS) is 25.4. The van der Waals surface area contributed by atoms with Gasteiger partial charge in [0.15, 0.2) is 0 Å². The molecule has 0 aromatic rings. The highest BCUT2D eigenvalue weighted by molar-refractivity contribution is 5.87. The molecule has 17 heavy (non-hydrogen) atoms. The van der Waals surface area contributed by atoms with Crippen molar-refractivity contribution >= 4 is 5.97 Å². The van der Waals surface area contributed by atoms with Gasteiger partial charge in [-0.1, -0.05) is 33.8 Å². The van der Waals surface area contributed by atoms with Gasteiger partial charge in [0.2, 0.25) is 0 Å². The third-order valence-electron chi connectivity index (χ3n) is 4.31. The highest BCUT2D eigenvalue weighted by atomic mass is 16.5. The zero-order valence-corrected chi connectivity index (χ0v) is 11.7. The Balaban J connectivity index is 2.41. The number of hydrogen-bond donors (Lipinski definition) is 0. The van der Waals surface area contributed by atoms with Crippen LogP contribution in [0.25, 0.3) is 0 Å². The summed E-state index contributed by atoms with van der Waals surface area (Å²) in [7, 11) is 0. The van der Waals surface area contributed by atoms with Gasteiger partial charge in [-0.05, 0) is 43.9 Å². The molecule has 0 atom stereocenters. The molecule has 1 fully saturated rings. The molecule has 2 heteroatoms. The average molecular weight is 238 g/mol. The standard InChI is InChI=1S/C15H26O2/c1-6-15(4,5)12-7-9-13(10-8-12)17-14(16)11(2)3/h12-13H,2,6-10H2,1,3-5H3. The Bertz CT molecular complexity index is 283. The molecule has 1 aliphatic carbocycles. The molecule has 0 unspecified atom stereocenters. The number of rotatable bonds is 4. The van der Waals surface area contributed by atoms with Gasteiger partial charge in [0.05, 0.1) is 0 Å². The lowest BCUT2D eigenvalue weighted by Crippen LogP contribution is -2.31. The second-order valence-corrected chi connectivity index (χ2v) is 6.00. The molecule has 0 saturated heterocycles. The van der Waals surface area contributed by atoms with Gasteiger partial charge in [-0.25, -0.2) is 4.79 Å². The predicted octanol–water partition coefficient (Wildman–Crippen LogP) is 4.10. The van der Waals surface area contributed by atoms with E-state index in [0.29, 0.717) is 11.0 Å². The SMILES string of the molecule is C=C(C)C(=O)OC1CCC(C(C)(C)CC)CC1. The fraction of sp³-hybridized carbons (Fsp3) is 0.800. The quantitative estimate of drug-likeness (QED) is 0.544. The topological polar surface area (TPSA) is 26.3 Å². The van der Waals surface area contributed by atoms with Crippen molar-refractivity contribution in [3.8, 4) is 0 Å². The van der Waals surface area contributed by atoms with Gasteiger partial charge in [0.1, 0.15) is 6.10 Å². The molecule has 0 spiro atoms. The van der Waals surface area contributed by atoms with Crippen molar-refractivity contribution < 1.29 is 9.53 Å². The molecule has 1 rings (SSSR count). The van der Waals surface area contributed by atoms with E-state index < -0.39 is 0 Å². The zero-order valence-electron chi connectivity index (χ0n) is 11.7. The van der Waals surface area contributed by atoms with Gasteiger partial charge >= 0.3 is 5.97 Å². The zero-order chi connectivity index (χ0) is 13.1. The first kappa shape index (κ1) is 14.3. The van der Waals surface area contributed by atoms with Gasteiger partial charge in [0, 0.05) is 5.57 Å². The largest absolute Gasteiger partial charge is 0.459 e. The van der Waals surface area contributed by atoms with Crippen LogP contribution in [0.4, 0.5) is 0 Å². The molecule has 0 N–H and O–H groups in total. The number of ether oxygens (including phenoxy) is 1. The van der Waals surface area contributed by atoms with E-state index in [-0.39, 0.29) is 12.1 Å². The molecule has 0 aromatic heterocycles. The van der Waals surface area contributed by atoms with Crippen molar-refractivity contribution in [2.24, 2.45) is 11.3 Å². The third kappa shape index (κ3) is 3.86. The lowest BCUT2D eigenvalue weighted by atomic mass is 9.69. The molecule has 0 bridgehead atoms. The summed E-state index contributed by atoms with van der Waals surface area (Å²) >= 11 is 0. The lowest BCUT2D eigenvalue weighted by molar-refractivity contribution is -0.146. The second kappa shape index (κ2) is 5.70. The maximum atomic E-state index is 11.4. The highest BCUT2D eigenvalue weighted by Crippen LogP contribution is 2.41. The molecular weight excluding hydrogens is 212 g/mol. The molecular formula is C15H26O2. The van der Waals surface area contributed by atoms with Crippen LogP contribution in [0.5, 0.6) is 0 Å². The first-order chi connectivity index (χ1) is 7.86. The summed E-state index contributed by atoms with van der Waals surface area (Å²) in [5.74, 6) is 0.537. The smallest absolute Gasteiger partial charge is 0.333 e. The van der Waals surface area contributed by atoms with Gasteiger partial charge in [-0.15, -0.1) is 0 Å². The van der Waals surface area contributed by atoms with Crippen LogP contribution < -0.4 is 0 Å². The Hall–Kier alpha value is -0.790. The van der Waals surface area contributed by atoms with Gasteiger partial charge in [0.25, 0.3) is 0 Å². The van der Waals surface area contributed by atoms with Crippen LogP contribution in [0.3, 0.4) is 0 Å². The maximum Gasteiger partial charge on any atom is 0.333 e. The van der Waals surface area contributed by atoms with E-state index in [0.717, 1.165) is 18.8 Å². The van der Waals surface area contributed by atoms with Crippen molar-refractivity contribution in [1.29, 1.82) is 0 Å². The summed E-state index contributed by atoms with van der Waals surface area (Å²) in [6, 6.07) is 0. The van der Waals surface area contributed by atoms with E-state index >= 15 is 0 Å². The number of carbonyl (C=O) groups excluding carboxylic acids is 1. The Labute approximate surface area is 105 Å². The molecule has 1 aliphatic rings. The van der Waals surface area contributed by atoms with Crippen LogP contribution in [0.1, 0.15) is 59.8 Å². The van der Waals surface area contributed by atoms with Gasteiger partial charge in [-0.3, -0.25) is 0 Å². The van der Waals surface area contributed by atoms with Crippen molar-refractivity contribution in [3.05, 3.63) is 12.2 Å². The Morgan fingerprint density at radius 3 is 2.24 bits per heavy atom. The van der Waals surface area contributed by atoms with Crippen LogP contribution in [-0.4, -0.2) is 12.1 Å². The number of esters is 1. The van der Waals surface area contributed by atoms with E-state index in [1.54, 1.807) is 6.92 Å². The first-order valence-electron chi connectivity index (χ1n) is 6.73. The van der Waals surface area contributed by atoms with Crippen molar-refractivity contribution in [1.82, 2.24) is 0 Å². The molecule has 2 nitrogen and oxygen atoms in total. The van der Waals surface area contributed by atoms with Crippen LogP contribution in [0.15, 0.2) is 12.2 Å². The average Bonchev–Trinajstić information content (AvgIpc) is 2.29. The molecule has 0 aromatic carbocycles. The minimum atomic E-state index is -0.233. The summed E-state index contributed by atoms with van der Waals surface area (Å²) < 4.78 is 5.41. The second-order valence-electron chi connectivity index (χ2n) is 6.00. The van der Waals surface area contributed by atoms with Crippen molar-refractivity contribution in [2.45, 2.75) is 65.9 Å². The summed E-state index contributed by atoms with van der Waals surface area (Å²) in [6.45, 7) is 12.3. The molecule has 1 saturated carbocycles. The maximum absolute atomic E-state index is 11.4. The number of hydrogen-bond acceptors (Lipinski definition) is 2. The molecule has 0 heterocycles. The van der Waals surface area contributed by atoms with E-state index in [2.05, 4.69) is 27.4 Å². The highest BCUT2D eigenvalue weighted by Gasteiger charge is 2.32. The van der Waals surface area contributed by atoms with Crippen LogP contribution in [0, 0.1) is 11.3 Å². The molecule has 98 valence electrons. The van der Waals surface area contributed by atoms with Gasteiger partial charge < -0.3 is 4.74 Å². The Kier molecular flexibility index (Phi) is 4.79. The fourth-order valence-corrected chi connectivity index (χ4v) is 2.50. The Morgan fingerprint density at radius 2 is 1.82 bits per heavy atom. The van der Waals surface area contributed by atoms with Crippen molar-refractivity contribution in [3.63, 3.8) is 0 Å². The Morgan fingerprint density at radius 1 is 1.29 bits per heavy atom. The van der Waals surface area contributed by atoms with E-state index in [1.807, 2.05) is 0 Å². The summed E-state index contributed by atoms with van der Waals surface area (Å²) in [5.41, 5.74) is 0.921. The van der Waals surface area contributed by atoms with E-state index in [1.165, 1.54) is 19.3 Å².